The number of nitrogens with two attached hydrogens (primary N) is 1. The van der Waals surface area contributed by atoms with Gasteiger partial charge in [-0.3, -0.25) is 5.32 Å². The predicted molar refractivity (Wildman–Crippen MR) is 55.1 cm³/mol. The maximum Gasteiger partial charge on any atom is 0.409 e. The van der Waals surface area contributed by atoms with Gasteiger partial charge in [0, 0.05) is 5.69 Å². The van der Waals surface area contributed by atoms with Crippen molar-refractivity contribution in [3.63, 3.8) is 0 Å². The minimum atomic E-state index is -1.15. The number of anilines is 2. The highest BCUT2D eigenvalue weighted by Gasteiger charge is 2.03. The second-order valence-electron chi connectivity index (χ2n) is 2.75. The van der Waals surface area contributed by atoms with Gasteiger partial charge in [0.15, 0.2) is 0 Å². The average molecular weight is 212 g/mol. The summed E-state index contributed by atoms with van der Waals surface area (Å²) in [4.78, 5) is 10.3. The van der Waals surface area contributed by atoms with Gasteiger partial charge >= 0.3 is 6.09 Å². The molecule has 0 spiro atoms. The van der Waals surface area contributed by atoms with Crippen molar-refractivity contribution in [2.45, 2.75) is 0 Å². The third kappa shape index (κ3) is 3.35. The van der Waals surface area contributed by atoms with Crippen molar-refractivity contribution in [3.8, 4) is 5.75 Å². The fourth-order valence-electron chi connectivity index (χ4n) is 1.04. The van der Waals surface area contributed by atoms with E-state index in [0.29, 0.717) is 17.1 Å². The van der Waals surface area contributed by atoms with Gasteiger partial charge in [0.1, 0.15) is 12.4 Å². The van der Waals surface area contributed by atoms with Gasteiger partial charge in [-0.25, -0.2) is 4.79 Å². The molecule has 0 aliphatic carbocycles. The van der Waals surface area contributed by atoms with Gasteiger partial charge in [0.05, 0.1) is 12.3 Å². The van der Waals surface area contributed by atoms with Crippen LogP contribution >= 0.6 is 0 Å². The van der Waals surface area contributed by atoms with Crippen LogP contribution in [-0.2, 0) is 0 Å². The van der Waals surface area contributed by atoms with Crippen LogP contribution in [0, 0.1) is 0 Å². The van der Waals surface area contributed by atoms with Crippen molar-refractivity contribution in [1.82, 2.24) is 0 Å². The van der Waals surface area contributed by atoms with E-state index in [2.05, 4.69) is 5.32 Å². The topological polar surface area (TPSA) is 105 Å². The van der Waals surface area contributed by atoms with Crippen molar-refractivity contribution >= 4 is 17.5 Å². The summed E-state index contributed by atoms with van der Waals surface area (Å²) in [6.07, 6.45) is -1.15. The Hall–Kier alpha value is -1.95. The van der Waals surface area contributed by atoms with Crippen molar-refractivity contribution < 1.29 is 19.7 Å². The van der Waals surface area contributed by atoms with Gasteiger partial charge in [-0.05, 0) is 18.2 Å². The SMILES string of the molecule is Nc1cc(NC(=O)O)ccc1OCCO. The number of carboxylic acid groups (broad SMARTS) is 1. The summed E-state index contributed by atoms with van der Waals surface area (Å²) in [6.45, 7) is 0.0461. The Balaban J connectivity index is 2.74. The summed E-state index contributed by atoms with van der Waals surface area (Å²) in [6, 6.07) is 4.51. The predicted octanol–water partition coefficient (Wildman–Crippen LogP) is 0.730. The van der Waals surface area contributed by atoms with Gasteiger partial charge in [-0.2, -0.15) is 0 Å². The van der Waals surface area contributed by atoms with Gasteiger partial charge in [0.25, 0.3) is 0 Å². The summed E-state index contributed by atoms with van der Waals surface area (Å²) in [5.41, 5.74) is 6.28. The first kappa shape index (κ1) is 11.1. The summed E-state index contributed by atoms with van der Waals surface area (Å²) >= 11 is 0. The van der Waals surface area contributed by atoms with Crippen LogP contribution in [0.2, 0.25) is 0 Å². The van der Waals surface area contributed by atoms with Crippen LogP contribution < -0.4 is 15.8 Å². The maximum atomic E-state index is 10.3. The first-order valence-corrected chi connectivity index (χ1v) is 4.26. The molecular formula is C9H12N2O4. The molecule has 5 N–H and O–H groups in total. The molecule has 1 aromatic carbocycles. The lowest BCUT2D eigenvalue weighted by molar-refractivity contribution is 0.202. The number of nitrogen functional groups attached to an aromatic ring is 1. The first-order valence-electron chi connectivity index (χ1n) is 4.26. The molecule has 0 radical (unpaired) electrons. The monoisotopic (exact) mass is 212 g/mol. The van der Waals surface area contributed by atoms with E-state index >= 15 is 0 Å². The standard InChI is InChI=1S/C9H12N2O4/c10-7-5-6(11-9(13)14)1-2-8(7)15-4-3-12/h1-2,5,11-12H,3-4,10H2,(H,13,14). The number of rotatable bonds is 4. The molecule has 1 rings (SSSR count). The third-order valence-corrected chi connectivity index (χ3v) is 1.61. The van der Waals surface area contributed by atoms with E-state index in [-0.39, 0.29) is 13.2 Å². The van der Waals surface area contributed by atoms with E-state index in [1.165, 1.54) is 18.2 Å². The van der Waals surface area contributed by atoms with Gasteiger partial charge in [0.2, 0.25) is 0 Å². The molecule has 0 heterocycles. The lowest BCUT2D eigenvalue weighted by Gasteiger charge is -2.08. The van der Waals surface area contributed by atoms with Crippen LogP contribution in [0.5, 0.6) is 5.75 Å². The highest BCUT2D eigenvalue weighted by Crippen LogP contribution is 2.24. The van der Waals surface area contributed by atoms with E-state index in [0.717, 1.165) is 0 Å². The number of amides is 1. The Morgan fingerprint density at radius 3 is 2.80 bits per heavy atom. The quantitative estimate of drug-likeness (QED) is 0.551. The maximum absolute atomic E-state index is 10.3. The molecule has 0 aromatic heterocycles. The summed E-state index contributed by atoms with van der Waals surface area (Å²) in [7, 11) is 0. The molecule has 1 aromatic rings. The lowest BCUT2D eigenvalue weighted by atomic mass is 10.2. The van der Waals surface area contributed by atoms with E-state index < -0.39 is 6.09 Å². The van der Waals surface area contributed by atoms with Crippen LogP contribution in [0.3, 0.4) is 0 Å². The first-order chi connectivity index (χ1) is 7.13. The fourth-order valence-corrected chi connectivity index (χ4v) is 1.04. The lowest BCUT2D eigenvalue weighted by Crippen LogP contribution is -2.08. The minimum absolute atomic E-state index is 0.103. The number of carbonyl (C=O) groups is 1. The number of aliphatic hydroxyl groups excluding tert-OH is 1. The summed E-state index contributed by atoms with van der Waals surface area (Å²) < 4.78 is 5.10. The second-order valence-corrected chi connectivity index (χ2v) is 2.75. The molecule has 0 atom stereocenters. The van der Waals surface area contributed by atoms with Crippen LogP contribution in [0.1, 0.15) is 0 Å². The molecule has 6 nitrogen and oxygen atoms in total. The van der Waals surface area contributed by atoms with E-state index in [9.17, 15) is 4.79 Å². The van der Waals surface area contributed by atoms with E-state index in [1.54, 1.807) is 0 Å². The second kappa shape index (κ2) is 5.06. The molecule has 0 saturated carbocycles. The zero-order valence-corrected chi connectivity index (χ0v) is 7.93. The Morgan fingerprint density at radius 2 is 2.27 bits per heavy atom. The van der Waals surface area contributed by atoms with Crippen LogP contribution in [0.4, 0.5) is 16.2 Å². The van der Waals surface area contributed by atoms with Gasteiger partial charge in [-0.15, -0.1) is 0 Å². The normalized spacial score (nSPS) is 9.67. The largest absolute Gasteiger partial charge is 0.489 e. The molecule has 1 amide bonds. The number of ether oxygens (including phenoxy) is 1. The number of benzene rings is 1. The summed E-state index contributed by atoms with van der Waals surface area (Å²) in [5, 5.41) is 19.1. The Bertz CT molecular complexity index is 354. The Morgan fingerprint density at radius 1 is 1.53 bits per heavy atom. The molecule has 82 valence electrons. The molecule has 0 aliphatic rings. The smallest absolute Gasteiger partial charge is 0.409 e. The van der Waals surface area contributed by atoms with Crippen molar-refractivity contribution in [3.05, 3.63) is 18.2 Å². The Kier molecular flexibility index (Phi) is 3.75. The number of aliphatic hydroxyl groups is 1. The minimum Gasteiger partial charge on any atom is -0.489 e. The molecule has 0 aliphatic heterocycles. The number of hydrogen-bond donors (Lipinski definition) is 4. The van der Waals surface area contributed by atoms with Crippen molar-refractivity contribution in [2.75, 3.05) is 24.3 Å². The van der Waals surface area contributed by atoms with Gasteiger partial charge < -0.3 is 20.7 Å². The molecule has 0 saturated heterocycles. The Labute approximate surface area is 86.3 Å². The van der Waals surface area contributed by atoms with E-state index in [1.807, 2.05) is 0 Å². The zero-order chi connectivity index (χ0) is 11.3. The van der Waals surface area contributed by atoms with Crippen molar-refractivity contribution in [1.29, 1.82) is 0 Å². The molecule has 0 fully saturated rings. The van der Waals surface area contributed by atoms with E-state index in [4.69, 9.17) is 20.7 Å². The van der Waals surface area contributed by atoms with Gasteiger partial charge in [-0.1, -0.05) is 0 Å². The highest BCUT2D eigenvalue weighted by molar-refractivity contribution is 5.84. The summed E-state index contributed by atoms with van der Waals surface area (Å²) in [5.74, 6) is 0.417. The molecular weight excluding hydrogens is 200 g/mol. The zero-order valence-electron chi connectivity index (χ0n) is 7.93. The number of nitrogens with one attached hydrogen (secondary N) is 1. The number of hydrogen-bond acceptors (Lipinski definition) is 4. The van der Waals surface area contributed by atoms with Crippen LogP contribution in [-0.4, -0.2) is 29.5 Å². The fraction of sp³-hybridized carbons (Fsp3) is 0.222. The van der Waals surface area contributed by atoms with Crippen LogP contribution in [0.15, 0.2) is 18.2 Å². The van der Waals surface area contributed by atoms with Crippen LogP contribution in [0.25, 0.3) is 0 Å². The third-order valence-electron chi connectivity index (χ3n) is 1.61. The molecule has 15 heavy (non-hydrogen) atoms. The average Bonchev–Trinajstić information content (AvgIpc) is 2.15. The molecule has 6 heteroatoms. The van der Waals surface area contributed by atoms with Crippen molar-refractivity contribution in [2.24, 2.45) is 0 Å². The molecule has 0 unspecified atom stereocenters. The molecule has 0 bridgehead atoms. The highest BCUT2D eigenvalue weighted by atomic mass is 16.5.